The minimum Gasteiger partial charge on any atom is -0.497 e. The Morgan fingerprint density at radius 3 is 3.00 bits per heavy atom. The van der Waals surface area contributed by atoms with E-state index >= 15 is 0 Å². The van der Waals surface area contributed by atoms with Gasteiger partial charge in [-0.05, 0) is 12.1 Å². The number of ether oxygens (including phenoxy) is 2. The third kappa shape index (κ3) is 3.36. The molecule has 1 aromatic rings. The summed E-state index contributed by atoms with van der Waals surface area (Å²) < 4.78 is 10.2. The Morgan fingerprint density at radius 1 is 1.58 bits per heavy atom. The molecule has 1 atom stereocenters. The van der Waals surface area contributed by atoms with Crippen LogP contribution in [0.25, 0.3) is 0 Å². The number of carbonyl (C=O) groups is 1. The fourth-order valence-corrected chi connectivity index (χ4v) is 1.95. The summed E-state index contributed by atoms with van der Waals surface area (Å²) in [4.78, 5) is 12.0. The highest BCUT2D eigenvalue weighted by molar-refractivity contribution is 5.95. The maximum absolute atomic E-state index is 12.0. The second-order valence-electron chi connectivity index (χ2n) is 4.70. The molecule has 1 aromatic carbocycles. The fraction of sp³-hybridized carbons (Fsp3) is 0.462. The number of methoxy groups -OCH3 is 1. The van der Waals surface area contributed by atoms with Crippen molar-refractivity contribution in [1.29, 1.82) is 0 Å². The number of benzene rings is 1. The van der Waals surface area contributed by atoms with E-state index < -0.39 is 5.60 Å². The second-order valence-corrected chi connectivity index (χ2v) is 4.70. The van der Waals surface area contributed by atoms with Crippen LogP contribution >= 0.6 is 0 Å². The van der Waals surface area contributed by atoms with Crippen molar-refractivity contribution in [2.45, 2.75) is 12.0 Å². The van der Waals surface area contributed by atoms with Crippen molar-refractivity contribution in [1.82, 2.24) is 5.32 Å². The van der Waals surface area contributed by atoms with Gasteiger partial charge in [0.15, 0.2) is 0 Å². The summed E-state index contributed by atoms with van der Waals surface area (Å²) in [6.07, 6.45) is 0.521. The van der Waals surface area contributed by atoms with E-state index in [1.807, 2.05) is 0 Å². The van der Waals surface area contributed by atoms with Crippen LogP contribution in [0.1, 0.15) is 16.8 Å². The van der Waals surface area contributed by atoms with Crippen molar-refractivity contribution >= 4 is 11.6 Å². The zero-order chi connectivity index (χ0) is 13.9. The van der Waals surface area contributed by atoms with Gasteiger partial charge in [0.05, 0.1) is 13.7 Å². The van der Waals surface area contributed by atoms with E-state index in [-0.39, 0.29) is 19.1 Å². The van der Waals surface area contributed by atoms with Crippen molar-refractivity contribution in [2.24, 2.45) is 0 Å². The summed E-state index contributed by atoms with van der Waals surface area (Å²) in [7, 11) is 1.51. The molecule has 1 amide bonds. The predicted molar refractivity (Wildman–Crippen MR) is 70.1 cm³/mol. The van der Waals surface area contributed by atoms with Crippen molar-refractivity contribution in [3.05, 3.63) is 23.8 Å². The Morgan fingerprint density at radius 2 is 2.37 bits per heavy atom. The van der Waals surface area contributed by atoms with Crippen LogP contribution in [0.4, 0.5) is 5.69 Å². The van der Waals surface area contributed by atoms with E-state index in [0.29, 0.717) is 30.0 Å². The van der Waals surface area contributed by atoms with Crippen LogP contribution in [0, 0.1) is 0 Å². The van der Waals surface area contributed by atoms with Gasteiger partial charge in [-0.3, -0.25) is 4.79 Å². The van der Waals surface area contributed by atoms with Gasteiger partial charge >= 0.3 is 0 Å². The molecule has 0 saturated carbocycles. The Hall–Kier alpha value is -1.79. The molecule has 0 aromatic heterocycles. The number of carbonyl (C=O) groups excluding carboxylic acids is 1. The molecule has 104 valence electrons. The number of amides is 1. The third-order valence-electron chi connectivity index (χ3n) is 3.09. The van der Waals surface area contributed by atoms with Gasteiger partial charge in [-0.1, -0.05) is 0 Å². The summed E-state index contributed by atoms with van der Waals surface area (Å²) in [5, 5.41) is 12.7. The molecule has 0 spiro atoms. The molecule has 0 radical (unpaired) electrons. The summed E-state index contributed by atoms with van der Waals surface area (Å²) in [6.45, 7) is 0.912. The minimum atomic E-state index is -0.972. The number of aliphatic hydroxyl groups is 1. The molecule has 19 heavy (non-hydrogen) atoms. The van der Waals surface area contributed by atoms with Crippen molar-refractivity contribution < 1.29 is 19.4 Å². The van der Waals surface area contributed by atoms with Crippen LogP contribution in [-0.4, -0.2) is 43.5 Å². The molecule has 1 fully saturated rings. The lowest BCUT2D eigenvalue weighted by Crippen LogP contribution is -2.43. The first-order valence-electron chi connectivity index (χ1n) is 6.05. The number of hydrogen-bond acceptors (Lipinski definition) is 5. The van der Waals surface area contributed by atoms with E-state index in [1.54, 1.807) is 18.2 Å². The number of nitrogens with one attached hydrogen (secondary N) is 1. The lowest BCUT2D eigenvalue weighted by Gasteiger charge is -2.20. The Bertz CT molecular complexity index is 470. The van der Waals surface area contributed by atoms with Gasteiger partial charge in [-0.25, -0.2) is 0 Å². The molecule has 1 unspecified atom stereocenters. The standard InChI is InChI=1S/C13H18N2O4/c1-18-11-5-9(4-10(14)6-11)12(16)15-7-13(17)2-3-19-8-13/h4-6,17H,2-3,7-8,14H2,1H3,(H,15,16). The first kappa shape index (κ1) is 13.6. The lowest BCUT2D eigenvalue weighted by atomic mass is 10.0. The molecule has 1 aliphatic rings. The molecular formula is C13H18N2O4. The fourth-order valence-electron chi connectivity index (χ4n) is 1.95. The van der Waals surface area contributed by atoms with Gasteiger partial charge < -0.3 is 25.6 Å². The van der Waals surface area contributed by atoms with Crippen LogP contribution in [-0.2, 0) is 4.74 Å². The van der Waals surface area contributed by atoms with Gasteiger partial charge in [0.1, 0.15) is 11.4 Å². The first-order valence-corrected chi connectivity index (χ1v) is 6.05. The number of rotatable bonds is 4. The van der Waals surface area contributed by atoms with Gasteiger partial charge in [-0.15, -0.1) is 0 Å². The average molecular weight is 266 g/mol. The molecule has 2 rings (SSSR count). The molecular weight excluding hydrogens is 248 g/mol. The molecule has 6 nitrogen and oxygen atoms in total. The van der Waals surface area contributed by atoms with Crippen LogP contribution in [0.2, 0.25) is 0 Å². The van der Waals surface area contributed by atoms with Crippen LogP contribution in [0.15, 0.2) is 18.2 Å². The van der Waals surface area contributed by atoms with Crippen molar-refractivity contribution in [3.63, 3.8) is 0 Å². The molecule has 0 aliphatic carbocycles. The summed E-state index contributed by atoms with van der Waals surface area (Å²) in [5.74, 6) is 0.221. The van der Waals surface area contributed by atoms with Crippen molar-refractivity contribution in [2.75, 3.05) is 32.6 Å². The molecule has 1 saturated heterocycles. The summed E-state index contributed by atoms with van der Waals surface area (Å²) in [6, 6.07) is 4.79. The molecule has 6 heteroatoms. The average Bonchev–Trinajstić information content (AvgIpc) is 2.82. The van der Waals surface area contributed by atoms with E-state index in [2.05, 4.69) is 5.32 Å². The maximum Gasteiger partial charge on any atom is 0.251 e. The number of hydrogen-bond donors (Lipinski definition) is 3. The smallest absolute Gasteiger partial charge is 0.251 e. The Labute approximate surface area is 111 Å². The summed E-state index contributed by atoms with van der Waals surface area (Å²) >= 11 is 0. The monoisotopic (exact) mass is 266 g/mol. The van der Waals surface area contributed by atoms with Gasteiger partial charge in [0.25, 0.3) is 5.91 Å². The second kappa shape index (κ2) is 5.46. The largest absolute Gasteiger partial charge is 0.497 e. The highest BCUT2D eigenvalue weighted by Gasteiger charge is 2.32. The van der Waals surface area contributed by atoms with E-state index in [4.69, 9.17) is 15.2 Å². The third-order valence-corrected chi connectivity index (χ3v) is 3.09. The predicted octanol–water partition coefficient (Wildman–Crippen LogP) is 0.159. The Balaban J connectivity index is 2.01. The van der Waals surface area contributed by atoms with Gasteiger partial charge in [-0.2, -0.15) is 0 Å². The maximum atomic E-state index is 12.0. The molecule has 4 N–H and O–H groups in total. The van der Waals surface area contributed by atoms with Crippen LogP contribution < -0.4 is 15.8 Å². The first-order chi connectivity index (χ1) is 9.02. The Kier molecular flexibility index (Phi) is 3.92. The van der Waals surface area contributed by atoms with E-state index in [9.17, 15) is 9.90 Å². The number of nitrogens with two attached hydrogens (primary N) is 1. The van der Waals surface area contributed by atoms with Crippen LogP contribution in [0.5, 0.6) is 5.75 Å². The quantitative estimate of drug-likeness (QED) is 0.675. The van der Waals surface area contributed by atoms with Gasteiger partial charge in [0, 0.05) is 36.9 Å². The highest BCUT2D eigenvalue weighted by Crippen LogP contribution is 2.20. The minimum absolute atomic E-state index is 0.156. The van der Waals surface area contributed by atoms with Crippen LogP contribution in [0.3, 0.4) is 0 Å². The molecule has 1 heterocycles. The normalized spacial score (nSPS) is 22.2. The zero-order valence-corrected chi connectivity index (χ0v) is 10.8. The number of nitrogen functional groups attached to an aromatic ring is 1. The SMILES string of the molecule is COc1cc(N)cc(C(=O)NCC2(O)CCOC2)c1. The lowest BCUT2D eigenvalue weighted by molar-refractivity contribution is 0.0264. The molecule has 1 aliphatic heterocycles. The summed E-state index contributed by atoms with van der Waals surface area (Å²) in [5.41, 5.74) is 5.57. The topological polar surface area (TPSA) is 93.8 Å². The highest BCUT2D eigenvalue weighted by atomic mass is 16.5. The van der Waals surface area contributed by atoms with Gasteiger partial charge in [0.2, 0.25) is 0 Å². The zero-order valence-electron chi connectivity index (χ0n) is 10.8. The van der Waals surface area contributed by atoms with E-state index in [1.165, 1.54) is 7.11 Å². The van der Waals surface area contributed by atoms with Crippen molar-refractivity contribution in [3.8, 4) is 5.75 Å². The van der Waals surface area contributed by atoms with E-state index in [0.717, 1.165) is 0 Å². The number of anilines is 1. The molecule has 0 bridgehead atoms.